The van der Waals surface area contributed by atoms with Crippen molar-refractivity contribution in [3.8, 4) is 34.1 Å². The highest BCUT2D eigenvalue weighted by Crippen LogP contribution is 2.32. The SMILES string of the molecule is COc1ccc(-c2noc(CSc3ncc(-c4ccc(Br)cc4)[nH]3)n2)c(OC)c1. The Kier molecular flexibility index (Phi) is 5.86. The zero-order valence-corrected chi connectivity index (χ0v) is 18.1. The first-order chi connectivity index (χ1) is 14.2. The van der Waals surface area contributed by atoms with Crippen LogP contribution in [-0.2, 0) is 5.75 Å². The van der Waals surface area contributed by atoms with Crippen LogP contribution in [0.25, 0.3) is 22.6 Å². The summed E-state index contributed by atoms with van der Waals surface area (Å²) >= 11 is 4.93. The van der Waals surface area contributed by atoms with Crippen LogP contribution in [0.1, 0.15) is 5.89 Å². The minimum absolute atomic E-state index is 0.468. The Morgan fingerprint density at radius 2 is 1.93 bits per heavy atom. The average molecular weight is 473 g/mol. The van der Waals surface area contributed by atoms with Gasteiger partial charge in [0.05, 0.1) is 37.4 Å². The third-order valence-electron chi connectivity index (χ3n) is 4.16. The number of nitrogens with one attached hydrogen (secondary N) is 1. The number of benzene rings is 2. The van der Waals surface area contributed by atoms with Gasteiger partial charge >= 0.3 is 0 Å². The van der Waals surface area contributed by atoms with E-state index < -0.39 is 0 Å². The third kappa shape index (κ3) is 4.46. The lowest BCUT2D eigenvalue weighted by Crippen LogP contribution is -1.91. The van der Waals surface area contributed by atoms with Gasteiger partial charge in [-0.15, -0.1) is 0 Å². The molecule has 1 N–H and O–H groups in total. The highest BCUT2D eigenvalue weighted by atomic mass is 79.9. The number of ether oxygens (including phenoxy) is 2. The van der Waals surface area contributed by atoms with Crippen LogP contribution in [0.2, 0.25) is 0 Å². The maximum atomic E-state index is 5.41. The molecule has 148 valence electrons. The van der Waals surface area contributed by atoms with Crippen molar-refractivity contribution in [3.05, 3.63) is 59.0 Å². The molecule has 0 fully saturated rings. The first-order valence-electron chi connectivity index (χ1n) is 8.65. The Morgan fingerprint density at radius 1 is 1.10 bits per heavy atom. The molecule has 0 amide bonds. The predicted molar refractivity (Wildman–Crippen MR) is 114 cm³/mol. The smallest absolute Gasteiger partial charge is 0.237 e. The quantitative estimate of drug-likeness (QED) is 0.370. The van der Waals surface area contributed by atoms with Crippen LogP contribution in [0.3, 0.4) is 0 Å². The zero-order valence-electron chi connectivity index (χ0n) is 15.7. The van der Waals surface area contributed by atoms with Crippen LogP contribution in [0.15, 0.2) is 62.8 Å². The minimum Gasteiger partial charge on any atom is -0.497 e. The van der Waals surface area contributed by atoms with Gasteiger partial charge in [0.15, 0.2) is 5.16 Å². The van der Waals surface area contributed by atoms with Gasteiger partial charge < -0.3 is 19.0 Å². The summed E-state index contributed by atoms with van der Waals surface area (Å²) < 4.78 is 17.1. The van der Waals surface area contributed by atoms with Gasteiger partial charge in [0.25, 0.3) is 0 Å². The van der Waals surface area contributed by atoms with Crippen molar-refractivity contribution in [2.75, 3.05) is 14.2 Å². The molecule has 7 nitrogen and oxygen atoms in total. The number of aromatic nitrogens is 4. The highest BCUT2D eigenvalue weighted by Gasteiger charge is 2.15. The van der Waals surface area contributed by atoms with E-state index in [0.717, 1.165) is 26.4 Å². The summed E-state index contributed by atoms with van der Waals surface area (Å²) in [4.78, 5) is 12.2. The molecule has 2 aromatic heterocycles. The second kappa shape index (κ2) is 8.71. The normalized spacial score (nSPS) is 10.9. The molecule has 2 heterocycles. The van der Waals surface area contributed by atoms with Crippen LogP contribution < -0.4 is 9.47 Å². The molecule has 0 aliphatic heterocycles. The summed E-state index contributed by atoms with van der Waals surface area (Å²) in [6, 6.07) is 13.5. The van der Waals surface area contributed by atoms with Gasteiger partial charge in [-0.05, 0) is 29.8 Å². The van der Waals surface area contributed by atoms with Crippen molar-refractivity contribution in [1.29, 1.82) is 0 Å². The largest absolute Gasteiger partial charge is 0.497 e. The fraction of sp³-hybridized carbons (Fsp3) is 0.150. The van der Waals surface area contributed by atoms with E-state index >= 15 is 0 Å². The molecule has 0 saturated heterocycles. The van der Waals surface area contributed by atoms with Gasteiger partial charge in [0, 0.05) is 10.5 Å². The number of aromatic amines is 1. The maximum Gasteiger partial charge on any atom is 0.237 e. The number of thioether (sulfide) groups is 1. The van der Waals surface area contributed by atoms with E-state index in [4.69, 9.17) is 14.0 Å². The minimum atomic E-state index is 0.468. The fourth-order valence-corrected chi connectivity index (χ4v) is 3.64. The summed E-state index contributed by atoms with van der Waals surface area (Å²) in [7, 11) is 3.20. The lowest BCUT2D eigenvalue weighted by molar-refractivity contribution is 0.388. The lowest BCUT2D eigenvalue weighted by atomic mass is 10.2. The standard InChI is InChI=1S/C20H17BrN4O3S/c1-26-14-7-8-15(17(9-14)27-2)19-24-18(28-25-19)11-29-20-22-10-16(23-20)12-3-5-13(21)6-4-12/h3-10H,11H2,1-2H3,(H,22,23). The molecule has 0 aliphatic rings. The summed E-state index contributed by atoms with van der Waals surface area (Å²) in [5.74, 6) is 2.79. The van der Waals surface area contributed by atoms with Crippen LogP contribution in [0.5, 0.6) is 11.5 Å². The molecular weight excluding hydrogens is 456 g/mol. The lowest BCUT2D eigenvalue weighted by Gasteiger charge is -2.07. The summed E-state index contributed by atoms with van der Waals surface area (Å²) in [5, 5.41) is 4.85. The Balaban J connectivity index is 1.45. The van der Waals surface area contributed by atoms with Gasteiger partial charge in [-0.3, -0.25) is 0 Å². The molecule has 0 spiro atoms. The number of H-pyrrole nitrogens is 1. The maximum absolute atomic E-state index is 5.41. The van der Waals surface area contributed by atoms with Gasteiger partial charge in [0.2, 0.25) is 11.7 Å². The highest BCUT2D eigenvalue weighted by molar-refractivity contribution is 9.10. The molecule has 0 bridgehead atoms. The molecule has 0 radical (unpaired) electrons. The van der Waals surface area contributed by atoms with Crippen molar-refractivity contribution in [3.63, 3.8) is 0 Å². The summed E-state index contributed by atoms with van der Waals surface area (Å²) in [6.07, 6.45) is 1.81. The Hall–Kier alpha value is -2.78. The molecule has 9 heteroatoms. The van der Waals surface area contributed by atoms with E-state index in [9.17, 15) is 0 Å². The number of hydrogen-bond donors (Lipinski definition) is 1. The Morgan fingerprint density at radius 3 is 2.69 bits per heavy atom. The molecule has 2 aromatic carbocycles. The Labute approximate surface area is 180 Å². The van der Waals surface area contributed by atoms with Gasteiger partial charge in [0.1, 0.15) is 11.5 Å². The number of rotatable bonds is 7. The molecule has 4 rings (SSSR count). The van der Waals surface area contributed by atoms with Crippen molar-refractivity contribution in [1.82, 2.24) is 20.1 Å². The monoisotopic (exact) mass is 472 g/mol. The number of methoxy groups -OCH3 is 2. The number of nitrogens with zero attached hydrogens (tertiary/aromatic N) is 3. The first kappa shape index (κ1) is 19.5. The fourth-order valence-electron chi connectivity index (χ4n) is 2.69. The second-order valence-corrected chi connectivity index (χ2v) is 7.86. The van der Waals surface area contributed by atoms with E-state index in [1.807, 2.05) is 42.6 Å². The topological polar surface area (TPSA) is 86.1 Å². The Bertz CT molecular complexity index is 1110. The van der Waals surface area contributed by atoms with Gasteiger partial charge in [-0.25, -0.2) is 4.98 Å². The molecule has 0 atom stereocenters. The van der Waals surface area contributed by atoms with Crippen LogP contribution in [-0.4, -0.2) is 34.3 Å². The summed E-state index contributed by atoms with van der Waals surface area (Å²) in [5.41, 5.74) is 2.76. The second-order valence-electron chi connectivity index (χ2n) is 5.98. The predicted octanol–water partition coefficient (Wildman–Crippen LogP) is 5.20. The molecule has 0 saturated carbocycles. The number of halogens is 1. The van der Waals surface area contributed by atoms with Crippen LogP contribution >= 0.6 is 27.7 Å². The van der Waals surface area contributed by atoms with Gasteiger partial charge in [-0.1, -0.05) is 45.0 Å². The molecule has 4 aromatic rings. The molecule has 0 aliphatic carbocycles. The van der Waals surface area contributed by atoms with Crippen molar-refractivity contribution >= 4 is 27.7 Å². The molecular formula is C20H17BrN4O3S. The van der Waals surface area contributed by atoms with Crippen LogP contribution in [0, 0.1) is 0 Å². The van der Waals surface area contributed by atoms with E-state index in [1.54, 1.807) is 20.3 Å². The van der Waals surface area contributed by atoms with Crippen molar-refractivity contribution < 1.29 is 14.0 Å². The van der Waals surface area contributed by atoms with Crippen molar-refractivity contribution in [2.45, 2.75) is 10.9 Å². The van der Waals surface area contributed by atoms with E-state index in [1.165, 1.54) is 11.8 Å². The van der Waals surface area contributed by atoms with Gasteiger partial charge in [-0.2, -0.15) is 4.98 Å². The van der Waals surface area contributed by atoms with Crippen LogP contribution in [0.4, 0.5) is 0 Å². The summed E-state index contributed by atoms with van der Waals surface area (Å²) in [6.45, 7) is 0. The van der Waals surface area contributed by atoms with Crippen molar-refractivity contribution in [2.24, 2.45) is 0 Å². The number of imidazole rings is 1. The number of hydrogen-bond acceptors (Lipinski definition) is 7. The average Bonchev–Trinajstić information content (AvgIpc) is 3.42. The van der Waals surface area contributed by atoms with E-state index in [-0.39, 0.29) is 0 Å². The molecule has 0 unspecified atom stereocenters. The first-order valence-corrected chi connectivity index (χ1v) is 10.4. The zero-order chi connectivity index (χ0) is 20.2. The molecule has 29 heavy (non-hydrogen) atoms. The third-order valence-corrected chi connectivity index (χ3v) is 5.56. The van der Waals surface area contributed by atoms with E-state index in [0.29, 0.717) is 29.0 Å². The van der Waals surface area contributed by atoms with E-state index in [2.05, 4.69) is 36.0 Å².